The molecule has 0 aliphatic carbocycles. The first kappa shape index (κ1) is 14.6. The lowest BCUT2D eigenvalue weighted by atomic mass is 10.2. The van der Waals surface area contributed by atoms with E-state index in [4.69, 9.17) is 9.26 Å². The topological polar surface area (TPSA) is 65.2 Å². The number of carbonyl (C=O) groups is 1. The molecule has 0 radical (unpaired) electrons. The van der Waals surface area contributed by atoms with Gasteiger partial charge in [-0.2, -0.15) is 4.98 Å². The second kappa shape index (κ2) is 7.09. The Kier molecular flexibility index (Phi) is 5.17. The molecule has 1 aromatic heterocycles. The molecule has 0 bridgehead atoms. The average Bonchev–Trinajstić information content (AvgIpc) is 2.94. The van der Waals surface area contributed by atoms with Crippen molar-refractivity contribution in [2.75, 3.05) is 6.61 Å². The van der Waals surface area contributed by atoms with Crippen LogP contribution in [0.1, 0.15) is 31.5 Å². The molecule has 0 aliphatic rings. The maximum absolute atomic E-state index is 11.6. The van der Waals surface area contributed by atoms with E-state index in [1.54, 1.807) is 25.6 Å². The lowest BCUT2D eigenvalue weighted by molar-refractivity contribution is -0.145. The lowest BCUT2D eigenvalue weighted by Gasteiger charge is -2.04. The third-order valence-corrected chi connectivity index (χ3v) is 3.61. The Morgan fingerprint density at radius 2 is 2.15 bits per heavy atom. The fourth-order valence-electron chi connectivity index (χ4n) is 1.53. The van der Waals surface area contributed by atoms with Crippen molar-refractivity contribution in [3.8, 4) is 0 Å². The summed E-state index contributed by atoms with van der Waals surface area (Å²) in [5, 5.41) is 3.88. The summed E-state index contributed by atoms with van der Waals surface area (Å²) < 4.78 is 10.0. The van der Waals surface area contributed by atoms with Crippen LogP contribution in [-0.2, 0) is 15.3 Å². The number of aromatic nitrogens is 2. The monoisotopic (exact) mass is 292 g/mol. The summed E-state index contributed by atoms with van der Waals surface area (Å²) in [6.45, 7) is 3.80. The maximum atomic E-state index is 11.6. The first-order chi connectivity index (χ1) is 9.70. The van der Waals surface area contributed by atoms with Gasteiger partial charge in [0.25, 0.3) is 0 Å². The Morgan fingerprint density at radius 1 is 1.40 bits per heavy atom. The van der Waals surface area contributed by atoms with Crippen LogP contribution in [0.25, 0.3) is 0 Å². The van der Waals surface area contributed by atoms with Crippen LogP contribution in [-0.4, -0.2) is 22.7 Å². The molecule has 106 valence electrons. The molecule has 0 aliphatic heterocycles. The minimum Gasteiger partial charge on any atom is -0.465 e. The Hall–Kier alpha value is -1.82. The third-order valence-electron chi connectivity index (χ3n) is 2.61. The molecule has 5 nitrogen and oxygen atoms in total. The molecular formula is C14H16N2O3S. The number of nitrogens with zero attached hydrogens (tertiary/aromatic N) is 2. The molecule has 0 spiro atoms. The second-order valence-electron chi connectivity index (χ2n) is 4.12. The number of rotatable bonds is 6. The molecule has 1 atom stereocenters. The minimum absolute atomic E-state index is 0.298. The maximum Gasteiger partial charge on any atom is 0.318 e. The van der Waals surface area contributed by atoms with Crippen LogP contribution in [0.3, 0.4) is 0 Å². The van der Waals surface area contributed by atoms with Crippen molar-refractivity contribution >= 4 is 17.7 Å². The summed E-state index contributed by atoms with van der Waals surface area (Å²) in [4.78, 5) is 16.9. The van der Waals surface area contributed by atoms with Crippen molar-refractivity contribution in [2.24, 2.45) is 0 Å². The zero-order valence-corrected chi connectivity index (χ0v) is 12.2. The number of thioether (sulfide) groups is 1. The van der Waals surface area contributed by atoms with Gasteiger partial charge in [-0.1, -0.05) is 23.4 Å². The first-order valence-electron chi connectivity index (χ1n) is 6.37. The van der Waals surface area contributed by atoms with Crippen molar-refractivity contribution in [3.63, 3.8) is 0 Å². The predicted octanol–water partition coefficient (Wildman–Crippen LogP) is 3.03. The zero-order valence-electron chi connectivity index (χ0n) is 11.4. The Morgan fingerprint density at radius 3 is 2.85 bits per heavy atom. The summed E-state index contributed by atoms with van der Waals surface area (Å²) in [7, 11) is 0. The van der Waals surface area contributed by atoms with Crippen LogP contribution < -0.4 is 0 Å². The van der Waals surface area contributed by atoms with Crippen LogP contribution in [0.4, 0.5) is 0 Å². The molecule has 1 heterocycles. The molecular weight excluding hydrogens is 276 g/mol. The lowest BCUT2D eigenvalue weighted by Crippen LogP contribution is -2.13. The summed E-state index contributed by atoms with van der Waals surface area (Å²) in [5.74, 6) is 0.594. The first-order valence-corrected chi connectivity index (χ1v) is 7.36. The van der Waals surface area contributed by atoms with E-state index in [0.29, 0.717) is 24.1 Å². The number of hydrogen-bond donors (Lipinski definition) is 0. The number of benzene rings is 1. The van der Waals surface area contributed by atoms with Crippen LogP contribution in [0, 0.1) is 0 Å². The van der Waals surface area contributed by atoms with Gasteiger partial charge in [-0.25, -0.2) is 0 Å². The van der Waals surface area contributed by atoms with Crippen LogP contribution in [0.2, 0.25) is 0 Å². The van der Waals surface area contributed by atoms with Gasteiger partial charge in [0.15, 0.2) is 5.82 Å². The normalized spacial score (nSPS) is 12.1. The molecule has 0 fully saturated rings. The van der Waals surface area contributed by atoms with Crippen LogP contribution in [0.5, 0.6) is 0 Å². The van der Waals surface area contributed by atoms with Crippen molar-refractivity contribution in [3.05, 3.63) is 42.0 Å². The summed E-state index contributed by atoms with van der Waals surface area (Å²) in [6.07, 6.45) is 0. The van der Waals surface area contributed by atoms with E-state index < -0.39 is 5.92 Å². The third kappa shape index (κ3) is 3.84. The van der Waals surface area contributed by atoms with Gasteiger partial charge >= 0.3 is 5.97 Å². The van der Waals surface area contributed by atoms with Gasteiger partial charge in [-0.15, -0.1) is 11.8 Å². The fourth-order valence-corrected chi connectivity index (χ4v) is 2.30. The Bertz CT molecular complexity index is 557. The summed E-state index contributed by atoms with van der Waals surface area (Å²) in [6, 6.07) is 9.97. The number of esters is 1. The van der Waals surface area contributed by atoms with Crippen molar-refractivity contribution in [1.29, 1.82) is 0 Å². The van der Waals surface area contributed by atoms with Crippen LogP contribution >= 0.6 is 11.8 Å². The van der Waals surface area contributed by atoms with Gasteiger partial charge in [0.05, 0.1) is 12.4 Å². The second-order valence-corrected chi connectivity index (χ2v) is 5.17. The Labute approximate surface area is 121 Å². The summed E-state index contributed by atoms with van der Waals surface area (Å²) >= 11 is 1.62. The summed E-state index contributed by atoms with van der Waals surface area (Å²) in [5.41, 5.74) is 0. The Balaban J connectivity index is 1.93. The molecule has 0 N–H and O–H groups in total. The molecule has 0 saturated carbocycles. The highest BCUT2D eigenvalue weighted by atomic mass is 32.2. The average molecular weight is 292 g/mol. The van der Waals surface area contributed by atoms with E-state index in [0.717, 1.165) is 4.90 Å². The van der Waals surface area contributed by atoms with Crippen molar-refractivity contribution in [1.82, 2.24) is 10.1 Å². The van der Waals surface area contributed by atoms with Gasteiger partial charge in [-0.3, -0.25) is 4.79 Å². The quantitative estimate of drug-likeness (QED) is 0.602. The number of carbonyl (C=O) groups excluding carboxylic acids is 1. The highest BCUT2D eigenvalue weighted by Gasteiger charge is 2.22. The van der Waals surface area contributed by atoms with E-state index in [1.807, 2.05) is 30.3 Å². The highest BCUT2D eigenvalue weighted by molar-refractivity contribution is 7.98. The van der Waals surface area contributed by atoms with Crippen LogP contribution in [0.15, 0.2) is 39.8 Å². The van der Waals surface area contributed by atoms with E-state index in [-0.39, 0.29) is 5.97 Å². The zero-order chi connectivity index (χ0) is 14.4. The molecule has 0 amide bonds. The van der Waals surface area contributed by atoms with Crippen molar-refractivity contribution < 1.29 is 14.1 Å². The number of hydrogen-bond acceptors (Lipinski definition) is 6. The molecule has 1 unspecified atom stereocenters. The largest absolute Gasteiger partial charge is 0.465 e. The molecule has 2 rings (SSSR count). The van der Waals surface area contributed by atoms with Gasteiger partial charge in [0.2, 0.25) is 5.89 Å². The predicted molar refractivity (Wildman–Crippen MR) is 75.3 cm³/mol. The van der Waals surface area contributed by atoms with E-state index in [9.17, 15) is 4.79 Å². The standard InChI is InChI=1S/C14H16N2O3S/c1-3-18-14(17)10(2)13-15-12(16-19-13)9-20-11-7-5-4-6-8-11/h4-8,10H,3,9H2,1-2H3. The molecule has 2 aromatic rings. The highest BCUT2D eigenvalue weighted by Crippen LogP contribution is 2.22. The SMILES string of the molecule is CCOC(=O)C(C)c1nc(CSc2ccccc2)no1. The molecule has 6 heteroatoms. The number of ether oxygens (including phenoxy) is 1. The van der Waals surface area contributed by atoms with E-state index in [2.05, 4.69) is 10.1 Å². The van der Waals surface area contributed by atoms with E-state index in [1.165, 1.54) is 0 Å². The van der Waals surface area contributed by atoms with Gasteiger partial charge in [0.1, 0.15) is 5.92 Å². The molecule has 20 heavy (non-hydrogen) atoms. The van der Waals surface area contributed by atoms with Gasteiger partial charge in [0, 0.05) is 4.90 Å². The van der Waals surface area contributed by atoms with E-state index >= 15 is 0 Å². The smallest absolute Gasteiger partial charge is 0.318 e. The van der Waals surface area contributed by atoms with Gasteiger partial charge < -0.3 is 9.26 Å². The molecule has 1 aromatic carbocycles. The molecule has 0 saturated heterocycles. The van der Waals surface area contributed by atoms with Gasteiger partial charge in [-0.05, 0) is 26.0 Å². The van der Waals surface area contributed by atoms with Crippen molar-refractivity contribution in [2.45, 2.75) is 30.4 Å². The minimum atomic E-state index is -0.530. The fraction of sp³-hybridized carbons (Fsp3) is 0.357.